The van der Waals surface area contributed by atoms with Crippen molar-refractivity contribution < 1.29 is 14.3 Å². The third-order valence-corrected chi connectivity index (χ3v) is 4.26. The van der Waals surface area contributed by atoms with E-state index in [-0.39, 0.29) is 18.5 Å². The normalized spacial score (nSPS) is 10.7. The van der Waals surface area contributed by atoms with Crippen LogP contribution in [0.25, 0.3) is 17.0 Å². The van der Waals surface area contributed by atoms with Crippen LogP contribution in [-0.4, -0.2) is 39.0 Å². The smallest absolute Gasteiger partial charge is 0.264 e. The molecular formula is C21H19N5O3. The first kappa shape index (κ1) is 18.4. The number of methoxy groups -OCH3 is 1. The third kappa shape index (κ3) is 4.01. The number of pyridine rings is 1. The SMILES string of the molecule is COc1cccc(OCC(=O)Nc2nccc(-c3c(C)nc4ccccn34)n2)c1. The lowest BCUT2D eigenvalue weighted by molar-refractivity contribution is -0.118. The molecule has 0 unspecified atom stereocenters. The number of aromatic nitrogens is 4. The molecule has 0 aliphatic heterocycles. The van der Waals surface area contributed by atoms with Crippen LogP contribution in [0.2, 0.25) is 0 Å². The Balaban J connectivity index is 1.48. The van der Waals surface area contributed by atoms with Gasteiger partial charge in [-0.2, -0.15) is 0 Å². The number of nitrogens with one attached hydrogen (secondary N) is 1. The van der Waals surface area contributed by atoms with Crippen LogP contribution in [0.5, 0.6) is 11.5 Å². The largest absolute Gasteiger partial charge is 0.497 e. The first-order valence-electron chi connectivity index (χ1n) is 8.98. The molecule has 8 heteroatoms. The van der Waals surface area contributed by atoms with Gasteiger partial charge < -0.3 is 9.47 Å². The lowest BCUT2D eigenvalue weighted by Gasteiger charge is -2.09. The van der Waals surface area contributed by atoms with E-state index in [4.69, 9.17) is 9.47 Å². The molecule has 0 aliphatic rings. The second-order valence-corrected chi connectivity index (χ2v) is 6.26. The van der Waals surface area contributed by atoms with Gasteiger partial charge in [-0.3, -0.25) is 14.5 Å². The first-order chi connectivity index (χ1) is 14.1. The Kier molecular flexibility index (Phi) is 5.07. The van der Waals surface area contributed by atoms with Gasteiger partial charge in [-0.05, 0) is 37.3 Å². The molecule has 0 spiro atoms. The molecule has 0 saturated carbocycles. The Morgan fingerprint density at radius 2 is 1.97 bits per heavy atom. The Labute approximate surface area is 167 Å². The van der Waals surface area contributed by atoms with Gasteiger partial charge in [0.1, 0.15) is 17.1 Å². The highest BCUT2D eigenvalue weighted by molar-refractivity contribution is 5.90. The summed E-state index contributed by atoms with van der Waals surface area (Å²) in [5.41, 5.74) is 3.19. The second-order valence-electron chi connectivity index (χ2n) is 6.26. The fourth-order valence-electron chi connectivity index (χ4n) is 2.97. The molecule has 8 nitrogen and oxygen atoms in total. The maximum atomic E-state index is 12.3. The van der Waals surface area contributed by atoms with Gasteiger partial charge in [0.25, 0.3) is 5.91 Å². The number of anilines is 1. The topological polar surface area (TPSA) is 90.6 Å². The summed E-state index contributed by atoms with van der Waals surface area (Å²) in [6.45, 7) is 1.75. The van der Waals surface area contributed by atoms with Crippen LogP contribution >= 0.6 is 0 Å². The van der Waals surface area contributed by atoms with Gasteiger partial charge >= 0.3 is 0 Å². The molecule has 3 heterocycles. The van der Waals surface area contributed by atoms with Crippen LogP contribution in [0.15, 0.2) is 60.9 Å². The minimum atomic E-state index is -0.361. The Hall–Kier alpha value is -3.94. The highest BCUT2D eigenvalue weighted by Crippen LogP contribution is 2.23. The number of carbonyl (C=O) groups excluding carboxylic acids is 1. The highest BCUT2D eigenvalue weighted by Gasteiger charge is 2.14. The molecule has 3 aromatic heterocycles. The summed E-state index contributed by atoms with van der Waals surface area (Å²) < 4.78 is 12.6. The molecule has 0 radical (unpaired) electrons. The van der Waals surface area contributed by atoms with Crippen molar-refractivity contribution in [2.24, 2.45) is 0 Å². The van der Waals surface area contributed by atoms with E-state index >= 15 is 0 Å². The van der Waals surface area contributed by atoms with Crippen molar-refractivity contribution in [2.75, 3.05) is 19.0 Å². The first-order valence-corrected chi connectivity index (χ1v) is 8.98. The van der Waals surface area contributed by atoms with Crippen molar-refractivity contribution in [2.45, 2.75) is 6.92 Å². The van der Waals surface area contributed by atoms with Crippen molar-refractivity contribution in [3.63, 3.8) is 0 Å². The number of rotatable bonds is 6. The van der Waals surface area contributed by atoms with E-state index < -0.39 is 0 Å². The molecule has 0 bridgehead atoms. The van der Waals surface area contributed by atoms with Gasteiger partial charge in [-0.15, -0.1) is 0 Å². The molecule has 1 N–H and O–H groups in total. The lowest BCUT2D eigenvalue weighted by atomic mass is 10.2. The number of imidazole rings is 1. The van der Waals surface area contributed by atoms with E-state index in [9.17, 15) is 4.79 Å². The number of carbonyl (C=O) groups is 1. The molecule has 146 valence electrons. The minimum absolute atomic E-state index is 0.171. The third-order valence-electron chi connectivity index (χ3n) is 4.26. The van der Waals surface area contributed by atoms with E-state index in [2.05, 4.69) is 20.3 Å². The summed E-state index contributed by atoms with van der Waals surface area (Å²) in [7, 11) is 1.57. The molecule has 1 amide bonds. The summed E-state index contributed by atoms with van der Waals surface area (Å²) in [6, 6.07) is 14.6. The van der Waals surface area contributed by atoms with Crippen LogP contribution in [0, 0.1) is 6.92 Å². The predicted octanol–water partition coefficient (Wildman–Crippen LogP) is 3.13. The number of benzene rings is 1. The predicted molar refractivity (Wildman–Crippen MR) is 108 cm³/mol. The van der Waals surface area contributed by atoms with Crippen LogP contribution in [0.3, 0.4) is 0 Å². The zero-order valence-corrected chi connectivity index (χ0v) is 16.0. The Morgan fingerprint density at radius 1 is 1.10 bits per heavy atom. The molecule has 4 rings (SSSR count). The summed E-state index contributed by atoms with van der Waals surface area (Å²) >= 11 is 0. The second kappa shape index (κ2) is 7.97. The van der Waals surface area contributed by atoms with Crippen molar-refractivity contribution >= 4 is 17.5 Å². The molecule has 4 aromatic rings. The van der Waals surface area contributed by atoms with Gasteiger partial charge in [0.15, 0.2) is 6.61 Å². The fraction of sp³-hybridized carbons (Fsp3) is 0.143. The number of hydrogen-bond acceptors (Lipinski definition) is 6. The van der Waals surface area contributed by atoms with E-state index in [0.29, 0.717) is 17.2 Å². The minimum Gasteiger partial charge on any atom is -0.497 e. The maximum absolute atomic E-state index is 12.3. The number of fused-ring (bicyclic) bond motifs is 1. The van der Waals surface area contributed by atoms with Crippen molar-refractivity contribution in [3.05, 3.63) is 66.6 Å². The number of ether oxygens (including phenoxy) is 2. The zero-order chi connectivity index (χ0) is 20.2. The molecule has 0 saturated heterocycles. The van der Waals surface area contributed by atoms with Gasteiger partial charge in [0.05, 0.1) is 24.2 Å². The molecule has 0 fully saturated rings. The number of aryl methyl sites for hydroxylation is 1. The van der Waals surface area contributed by atoms with Crippen LogP contribution < -0.4 is 14.8 Å². The molecule has 0 aliphatic carbocycles. The van der Waals surface area contributed by atoms with E-state index in [1.807, 2.05) is 35.7 Å². The fourth-order valence-corrected chi connectivity index (χ4v) is 2.97. The summed E-state index contributed by atoms with van der Waals surface area (Å²) in [4.78, 5) is 25.4. The van der Waals surface area contributed by atoms with Gasteiger partial charge in [-0.25, -0.2) is 15.0 Å². The van der Waals surface area contributed by atoms with Crippen LogP contribution in [0.4, 0.5) is 5.95 Å². The van der Waals surface area contributed by atoms with Gasteiger partial charge in [-0.1, -0.05) is 12.1 Å². The average molecular weight is 389 g/mol. The highest BCUT2D eigenvalue weighted by atomic mass is 16.5. The van der Waals surface area contributed by atoms with Crippen LogP contribution in [-0.2, 0) is 4.79 Å². The lowest BCUT2D eigenvalue weighted by Crippen LogP contribution is -2.21. The number of amides is 1. The quantitative estimate of drug-likeness (QED) is 0.545. The molecule has 0 atom stereocenters. The standard InChI is InChI=1S/C21H19N5O3/c1-14-20(26-11-4-3-8-18(26)23-14)17-9-10-22-21(24-17)25-19(27)13-29-16-7-5-6-15(12-16)28-2/h3-12H,13H2,1-2H3,(H,22,24,25,27). The molecule has 1 aromatic carbocycles. The van der Waals surface area contributed by atoms with Crippen molar-refractivity contribution in [1.82, 2.24) is 19.4 Å². The van der Waals surface area contributed by atoms with Crippen molar-refractivity contribution in [3.8, 4) is 22.9 Å². The van der Waals surface area contributed by atoms with Crippen LogP contribution in [0.1, 0.15) is 5.69 Å². The molecular weight excluding hydrogens is 370 g/mol. The summed E-state index contributed by atoms with van der Waals surface area (Å²) in [6.07, 6.45) is 3.52. The van der Waals surface area contributed by atoms with E-state index in [0.717, 1.165) is 17.0 Å². The zero-order valence-electron chi connectivity index (χ0n) is 16.0. The summed E-state index contributed by atoms with van der Waals surface area (Å²) in [5.74, 6) is 1.03. The number of nitrogens with zero attached hydrogens (tertiary/aromatic N) is 4. The molecule has 29 heavy (non-hydrogen) atoms. The monoisotopic (exact) mass is 389 g/mol. The Morgan fingerprint density at radius 3 is 2.83 bits per heavy atom. The van der Waals surface area contributed by atoms with Crippen molar-refractivity contribution in [1.29, 1.82) is 0 Å². The van der Waals surface area contributed by atoms with Gasteiger partial charge in [0.2, 0.25) is 5.95 Å². The van der Waals surface area contributed by atoms with Gasteiger partial charge in [0, 0.05) is 18.5 Å². The maximum Gasteiger partial charge on any atom is 0.264 e. The Bertz CT molecular complexity index is 1170. The number of hydrogen-bond donors (Lipinski definition) is 1. The van der Waals surface area contributed by atoms with E-state index in [1.165, 1.54) is 0 Å². The average Bonchev–Trinajstić information content (AvgIpc) is 3.08. The van der Waals surface area contributed by atoms with E-state index in [1.54, 1.807) is 43.6 Å². The summed E-state index contributed by atoms with van der Waals surface area (Å²) in [5, 5.41) is 2.66.